The summed E-state index contributed by atoms with van der Waals surface area (Å²) >= 11 is 0. The Kier molecular flexibility index (Phi) is 7.53. The van der Waals surface area contributed by atoms with E-state index < -0.39 is 0 Å². The van der Waals surface area contributed by atoms with Crippen molar-refractivity contribution in [1.29, 1.82) is 0 Å². The molecular formula is C24H28O4. The molecule has 0 aromatic heterocycles. The Bertz CT molecular complexity index is 778. The summed E-state index contributed by atoms with van der Waals surface area (Å²) in [5, 5.41) is 0. The molecule has 1 aliphatic rings. The fourth-order valence-corrected chi connectivity index (χ4v) is 3.31. The van der Waals surface area contributed by atoms with Crippen LogP contribution in [0.3, 0.4) is 0 Å². The van der Waals surface area contributed by atoms with Crippen LogP contribution in [-0.4, -0.2) is 19.7 Å². The van der Waals surface area contributed by atoms with Crippen molar-refractivity contribution in [3.05, 3.63) is 71.5 Å². The molecule has 0 bridgehead atoms. The van der Waals surface area contributed by atoms with E-state index in [9.17, 15) is 4.79 Å². The predicted molar refractivity (Wildman–Crippen MR) is 109 cm³/mol. The molecule has 3 rings (SSSR count). The number of methoxy groups -OCH3 is 1. The molecule has 28 heavy (non-hydrogen) atoms. The largest absolute Gasteiger partial charge is 0.489 e. The van der Waals surface area contributed by atoms with E-state index in [-0.39, 0.29) is 5.97 Å². The molecule has 0 fully saturated rings. The quantitative estimate of drug-likeness (QED) is 0.541. The molecule has 1 aliphatic carbocycles. The smallest absolute Gasteiger partial charge is 0.305 e. The molecular weight excluding hydrogens is 352 g/mol. The number of rotatable bonds is 9. The molecule has 0 saturated carbocycles. The average Bonchev–Trinajstić information content (AvgIpc) is 2.74. The average molecular weight is 380 g/mol. The molecule has 4 heteroatoms. The van der Waals surface area contributed by atoms with E-state index in [4.69, 9.17) is 9.47 Å². The first-order valence-electron chi connectivity index (χ1n) is 9.97. The Morgan fingerprint density at radius 1 is 0.929 bits per heavy atom. The maximum absolute atomic E-state index is 11.2. The van der Waals surface area contributed by atoms with Crippen LogP contribution in [0.25, 0.3) is 0 Å². The molecule has 0 spiro atoms. The van der Waals surface area contributed by atoms with Gasteiger partial charge >= 0.3 is 5.97 Å². The van der Waals surface area contributed by atoms with Crippen LogP contribution in [0.2, 0.25) is 0 Å². The number of hydrogen-bond acceptors (Lipinski definition) is 4. The lowest BCUT2D eigenvalue weighted by molar-refractivity contribution is -0.140. The third-order valence-corrected chi connectivity index (χ3v) is 4.92. The minimum Gasteiger partial charge on any atom is -0.489 e. The van der Waals surface area contributed by atoms with Crippen molar-refractivity contribution in [2.45, 2.75) is 44.9 Å². The monoisotopic (exact) mass is 380 g/mol. The highest BCUT2D eigenvalue weighted by Crippen LogP contribution is 2.28. The second-order valence-corrected chi connectivity index (χ2v) is 7.01. The van der Waals surface area contributed by atoms with Crippen molar-refractivity contribution in [3.8, 4) is 11.5 Å². The molecule has 0 N–H and O–H groups in total. The van der Waals surface area contributed by atoms with Crippen LogP contribution in [0.15, 0.2) is 65.9 Å². The summed E-state index contributed by atoms with van der Waals surface area (Å²) < 4.78 is 16.8. The van der Waals surface area contributed by atoms with Crippen LogP contribution >= 0.6 is 0 Å². The third-order valence-electron chi connectivity index (χ3n) is 4.92. The summed E-state index contributed by atoms with van der Waals surface area (Å²) in [7, 11) is 1.42. The van der Waals surface area contributed by atoms with Gasteiger partial charge in [-0.2, -0.15) is 0 Å². The third kappa shape index (κ3) is 6.15. The van der Waals surface area contributed by atoms with E-state index >= 15 is 0 Å². The Morgan fingerprint density at radius 2 is 1.68 bits per heavy atom. The fraction of sp³-hybridized carbons (Fsp3) is 0.375. The van der Waals surface area contributed by atoms with Gasteiger partial charge in [-0.05, 0) is 61.9 Å². The number of carbonyl (C=O) groups excluding carboxylic acids is 1. The molecule has 2 aromatic carbocycles. The molecule has 2 aromatic rings. The second kappa shape index (κ2) is 10.5. The maximum atomic E-state index is 11.2. The summed E-state index contributed by atoms with van der Waals surface area (Å²) in [6.07, 6.45) is 6.43. The standard InChI is InChI=1S/C24H28O4/c1-26-24(25)13-7-8-19-14-16-21(17-15-19)27-18-20-9-5-6-12-23(20)28-22-10-3-2-4-11-22/h2-4,10-11,14-17H,5-9,12-13,18H2,1H3. The van der Waals surface area contributed by atoms with E-state index in [0.717, 1.165) is 49.4 Å². The van der Waals surface area contributed by atoms with Gasteiger partial charge in [0.25, 0.3) is 0 Å². The van der Waals surface area contributed by atoms with E-state index in [1.807, 2.05) is 42.5 Å². The predicted octanol–water partition coefficient (Wildman–Crippen LogP) is 5.47. The zero-order valence-corrected chi connectivity index (χ0v) is 16.5. The number of carbonyl (C=O) groups is 1. The molecule has 0 saturated heterocycles. The van der Waals surface area contributed by atoms with Gasteiger partial charge < -0.3 is 14.2 Å². The molecule has 0 aliphatic heterocycles. The lowest BCUT2D eigenvalue weighted by Gasteiger charge is -2.21. The van der Waals surface area contributed by atoms with Crippen LogP contribution in [-0.2, 0) is 16.0 Å². The van der Waals surface area contributed by atoms with Crippen LogP contribution in [0.1, 0.15) is 44.1 Å². The van der Waals surface area contributed by atoms with Gasteiger partial charge in [0.1, 0.15) is 23.9 Å². The van der Waals surface area contributed by atoms with Gasteiger partial charge in [0.15, 0.2) is 0 Å². The first kappa shape index (κ1) is 20.0. The molecule has 4 nitrogen and oxygen atoms in total. The van der Waals surface area contributed by atoms with Crippen molar-refractivity contribution in [1.82, 2.24) is 0 Å². The van der Waals surface area contributed by atoms with Crippen molar-refractivity contribution < 1.29 is 19.0 Å². The summed E-state index contributed by atoms with van der Waals surface area (Å²) in [6.45, 7) is 0.559. The van der Waals surface area contributed by atoms with E-state index in [0.29, 0.717) is 13.0 Å². The van der Waals surface area contributed by atoms with Crippen LogP contribution in [0, 0.1) is 0 Å². The van der Waals surface area contributed by atoms with E-state index in [2.05, 4.69) is 16.9 Å². The molecule has 0 unspecified atom stereocenters. The number of esters is 1. The topological polar surface area (TPSA) is 44.8 Å². The second-order valence-electron chi connectivity index (χ2n) is 7.01. The fourth-order valence-electron chi connectivity index (χ4n) is 3.31. The number of benzene rings is 2. The normalized spacial score (nSPS) is 13.9. The van der Waals surface area contributed by atoms with Crippen LogP contribution in [0.4, 0.5) is 0 Å². The zero-order chi connectivity index (χ0) is 19.6. The summed E-state index contributed by atoms with van der Waals surface area (Å²) in [5.74, 6) is 2.63. The number of para-hydroxylation sites is 1. The van der Waals surface area contributed by atoms with Crippen molar-refractivity contribution >= 4 is 5.97 Å². The summed E-state index contributed by atoms with van der Waals surface area (Å²) in [5.41, 5.74) is 2.44. The number of hydrogen-bond donors (Lipinski definition) is 0. The number of allylic oxidation sites excluding steroid dienone is 1. The zero-order valence-electron chi connectivity index (χ0n) is 16.5. The summed E-state index contributed by atoms with van der Waals surface area (Å²) in [4.78, 5) is 11.2. The lowest BCUT2D eigenvalue weighted by Crippen LogP contribution is -2.12. The number of aryl methyl sites for hydroxylation is 1. The maximum Gasteiger partial charge on any atom is 0.305 e. The van der Waals surface area contributed by atoms with Gasteiger partial charge in [0.2, 0.25) is 0 Å². The Labute approximate surface area is 167 Å². The highest BCUT2D eigenvalue weighted by atomic mass is 16.5. The van der Waals surface area contributed by atoms with Gasteiger partial charge in [0, 0.05) is 18.4 Å². The van der Waals surface area contributed by atoms with E-state index in [1.165, 1.54) is 24.7 Å². The molecule has 0 atom stereocenters. The van der Waals surface area contributed by atoms with Crippen molar-refractivity contribution in [2.24, 2.45) is 0 Å². The summed E-state index contributed by atoms with van der Waals surface area (Å²) in [6, 6.07) is 18.0. The highest BCUT2D eigenvalue weighted by Gasteiger charge is 2.15. The lowest BCUT2D eigenvalue weighted by atomic mass is 9.98. The Morgan fingerprint density at radius 3 is 2.43 bits per heavy atom. The molecule has 0 heterocycles. The van der Waals surface area contributed by atoms with Gasteiger partial charge in [0.05, 0.1) is 7.11 Å². The van der Waals surface area contributed by atoms with Crippen molar-refractivity contribution in [2.75, 3.05) is 13.7 Å². The van der Waals surface area contributed by atoms with Crippen molar-refractivity contribution in [3.63, 3.8) is 0 Å². The molecule has 0 amide bonds. The van der Waals surface area contributed by atoms with Gasteiger partial charge in [-0.3, -0.25) is 4.79 Å². The first-order chi connectivity index (χ1) is 13.7. The SMILES string of the molecule is COC(=O)CCCc1ccc(OCC2=C(Oc3ccccc3)CCCC2)cc1. The highest BCUT2D eigenvalue weighted by molar-refractivity contribution is 5.69. The Hall–Kier alpha value is -2.75. The molecule has 148 valence electrons. The minimum atomic E-state index is -0.158. The number of ether oxygens (including phenoxy) is 3. The van der Waals surface area contributed by atoms with Crippen LogP contribution in [0.5, 0.6) is 11.5 Å². The Balaban J connectivity index is 1.53. The van der Waals surface area contributed by atoms with Gasteiger partial charge in [-0.15, -0.1) is 0 Å². The minimum absolute atomic E-state index is 0.158. The van der Waals surface area contributed by atoms with Gasteiger partial charge in [-0.25, -0.2) is 0 Å². The van der Waals surface area contributed by atoms with Crippen LogP contribution < -0.4 is 9.47 Å². The first-order valence-corrected chi connectivity index (χ1v) is 9.97. The van der Waals surface area contributed by atoms with Gasteiger partial charge in [-0.1, -0.05) is 30.3 Å². The molecule has 0 radical (unpaired) electrons. The van der Waals surface area contributed by atoms with E-state index in [1.54, 1.807) is 0 Å².